The number of amides is 1. The average molecular weight is 303 g/mol. The maximum Gasteiger partial charge on any atom is 0.235 e. The number of carbonyl (C=O) groups is 1. The fourth-order valence-electron chi connectivity index (χ4n) is 3.55. The van der Waals surface area contributed by atoms with Crippen LogP contribution in [-0.4, -0.2) is 29.4 Å². The van der Waals surface area contributed by atoms with Crippen LogP contribution in [0.3, 0.4) is 0 Å². The van der Waals surface area contributed by atoms with Crippen LogP contribution in [-0.2, 0) is 4.79 Å². The topological polar surface area (TPSA) is 56.1 Å². The maximum absolute atomic E-state index is 12.3. The predicted octanol–water partition coefficient (Wildman–Crippen LogP) is 2.84. The van der Waals surface area contributed by atoms with E-state index in [0.717, 1.165) is 45.1 Å². The Morgan fingerprint density at radius 3 is 2.95 bits per heavy atom. The highest BCUT2D eigenvalue weighted by atomic mass is 32.1. The number of carbonyl (C=O) groups excluding carboxylic acids is 1. The van der Waals surface area contributed by atoms with E-state index in [4.69, 9.17) is 0 Å². The molecule has 5 heteroatoms. The first kappa shape index (κ1) is 14.6. The van der Waals surface area contributed by atoms with Gasteiger partial charge in [-0.2, -0.15) is 5.26 Å². The van der Waals surface area contributed by atoms with Crippen LogP contribution in [0.4, 0.5) is 0 Å². The van der Waals surface area contributed by atoms with Gasteiger partial charge in [-0.05, 0) is 56.5 Å². The Morgan fingerprint density at radius 2 is 2.29 bits per heavy atom. The van der Waals surface area contributed by atoms with E-state index in [1.54, 1.807) is 11.3 Å². The Bertz CT molecular complexity index is 528. The number of thiophene rings is 1. The second-order valence-electron chi connectivity index (χ2n) is 6.09. The molecule has 4 nitrogen and oxygen atoms in total. The summed E-state index contributed by atoms with van der Waals surface area (Å²) in [6, 6.07) is 6.92. The standard InChI is InChI=1S/C16H21N3OS/c17-12-16(7-1-2-8-16)18-15(20)11-19-9-3-5-13(19)14-6-4-10-21-14/h4,6,10,13H,1-3,5,7-9,11H2,(H,18,20). The van der Waals surface area contributed by atoms with E-state index in [2.05, 4.69) is 33.8 Å². The van der Waals surface area contributed by atoms with Crippen molar-refractivity contribution in [1.82, 2.24) is 10.2 Å². The molecule has 1 saturated carbocycles. The molecule has 1 N–H and O–H groups in total. The van der Waals surface area contributed by atoms with Gasteiger partial charge in [0.1, 0.15) is 5.54 Å². The number of likely N-dealkylation sites (tertiary alicyclic amines) is 1. The Balaban J connectivity index is 1.61. The minimum Gasteiger partial charge on any atom is -0.337 e. The van der Waals surface area contributed by atoms with Gasteiger partial charge in [0.25, 0.3) is 0 Å². The number of nitrogens with one attached hydrogen (secondary N) is 1. The summed E-state index contributed by atoms with van der Waals surface area (Å²) in [6.07, 6.45) is 5.92. The van der Waals surface area contributed by atoms with Crippen molar-refractivity contribution in [2.75, 3.05) is 13.1 Å². The maximum atomic E-state index is 12.3. The second-order valence-corrected chi connectivity index (χ2v) is 7.07. The van der Waals surface area contributed by atoms with Crippen molar-refractivity contribution >= 4 is 17.2 Å². The molecule has 0 spiro atoms. The molecule has 3 rings (SSSR count). The lowest BCUT2D eigenvalue weighted by atomic mass is 10.00. The molecule has 1 aliphatic carbocycles. The largest absolute Gasteiger partial charge is 0.337 e. The predicted molar refractivity (Wildman–Crippen MR) is 82.8 cm³/mol. The lowest BCUT2D eigenvalue weighted by Crippen LogP contribution is -2.48. The smallest absolute Gasteiger partial charge is 0.235 e. The number of rotatable bonds is 4. The van der Waals surface area contributed by atoms with Gasteiger partial charge >= 0.3 is 0 Å². The molecule has 1 saturated heterocycles. The highest BCUT2D eigenvalue weighted by molar-refractivity contribution is 7.10. The first-order valence-corrected chi connectivity index (χ1v) is 8.60. The van der Waals surface area contributed by atoms with Crippen LogP contribution in [0, 0.1) is 11.3 Å². The molecular weight excluding hydrogens is 282 g/mol. The highest BCUT2D eigenvalue weighted by Gasteiger charge is 2.36. The van der Waals surface area contributed by atoms with Crippen molar-refractivity contribution in [2.45, 2.75) is 50.1 Å². The molecule has 0 radical (unpaired) electrons. The van der Waals surface area contributed by atoms with E-state index in [0.29, 0.717) is 12.6 Å². The van der Waals surface area contributed by atoms with E-state index in [1.807, 2.05) is 0 Å². The minimum absolute atomic E-state index is 0.00176. The monoisotopic (exact) mass is 303 g/mol. The molecule has 1 aliphatic heterocycles. The van der Waals surface area contributed by atoms with E-state index < -0.39 is 5.54 Å². The SMILES string of the molecule is N#CC1(NC(=O)CN2CCCC2c2cccs2)CCCC1. The van der Waals surface area contributed by atoms with E-state index >= 15 is 0 Å². The molecule has 1 atom stereocenters. The summed E-state index contributed by atoms with van der Waals surface area (Å²) in [7, 11) is 0. The molecular formula is C16H21N3OS. The molecule has 112 valence electrons. The highest BCUT2D eigenvalue weighted by Crippen LogP contribution is 2.34. The van der Waals surface area contributed by atoms with Crippen LogP contribution in [0.25, 0.3) is 0 Å². The summed E-state index contributed by atoms with van der Waals surface area (Å²) in [5, 5.41) is 14.4. The molecule has 2 aliphatic rings. The van der Waals surface area contributed by atoms with Gasteiger partial charge in [-0.1, -0.05) is 6.07 Å². The van der Waals surface area contributed by atoms with Gasteiger partial charge in [-0.3, -0.25) is 9.69 Å². The van der Waals surface area contributed by atoms with Crippen molar-refractivity contribution in [3.63, 3.8) is 0 Å². The zero-order valence-electron chi connectivity index (χ0n) is 12.2. The number of hydrogen-bond acceptors (Lipinski definition) is 4. The summed E-state index contributed by atoms with van der Waals surface area (Å²) in [5.41, 5.74) is -0.602. The van der Waals surface area contributed by atoms with Gasteiger partial charge < -0.3 is 5.32 Å². The number of hydrogen-bond donors (Lipinski definition) is 1. The first-order chi connectivity index (χ1) is 10.2. The summed E-state index contributed by atoms with van der Waals surface area (Å²) >= 11 is 1.76. The van der Waals surface area contributed by atoms with Crippen LogP contribution >= 0.6 is 11.3 Å². The van der Waals surface area contributed by atoms with Gasteiger partial charge in [0, 0.05) is 10.9 Å². The fraction of sp³-hybridized carbons (Fsp3) is 0.625. The Kier molecular flexibility index (Phi) is 4.27. The molecule has 1 aromatic rings. The van der Waals surface area contributed by atoms with E-state index in [1.165, 1.54) is 4.88 Å². The third kappa shape index (κ3) is 3.12. The lowest BCUT2D eigenvalue weighted by molar-refractivity contribution is -0.123. The second kappa shape index (κ2) is 6.17. The quantitative estimate of drug-likeness (QED) is 0.930. The van der Waals surface area contributed by atoms with Crippen LogP contribution < -0.4 is 5.32 Å². The van der Waals surface area contributed by atoms with Gasteiger partial charge in [-0.25, -0.2) is 0 Å². The number of nitrogens with zero attached hydrogens (tertiary/aromatic N) is 2. The molecule has 0 aromatic carbocycles. The Hall–Kier alpha value is -1.38. The molecule has 0 bridgehead atoms. The van der Waals surface area contributed by atoms with Crippen molar-refractivity contribution in [3.05, 3.63) is 22.4 Å². The van der Waals surface area contributed by atoms with Gasteiger partial charge in [-0.15, -0.1) is 11.3 Å². The molecule has 1 unspecified atom stereocenters. The van der Waals surface area contributed by atoms with E-state index in [9.17, 15) is 10.1 Å². The van der Waals surface area contributed by atoms with Crippen LogP contribution in [0.1, 0.15) is 49.4 Å². The third-order valence-corrected chi connectivity index (χ3v) is 5.61. The zero-order valence-corrected chi connectivity index (χ0v) is 13.0. The average Bonchev–Trinajstić information content (AvgIpc) is 3.19. The molecule has 2 heterocycles. The minimum atomic E-state index is -0.602. The molecule has 21 heavy (non-hydrogen) atoms. The first-order valence-electron chi connectivity index (χ1n) is 7.72. The third-order valence-electron chi connectivity index (χ3n) is 4.63. The van der Waals surface area contributed by atoms with Crippen molar-refractivity contribution in [1.29, 1.82) is 5.26 Å². The van der Waals surface area contributed by atoms with Crippen LogP contribution in [0.15, 0.2) is 17.5 Å². The number of nitriles is 1. The van der Waals surface area contributed by atoms with Crippen molar-refractivity contribution in [3.8, 4) is 6.07 Å². The van der Waals surface area contributed by atoms with Crippen LogP contribution in [0.2, 0.25) is 0 Å². The summed E-state index contributed by atoms with van der Waals surface area (Å²) < 4.78 is 0. The van der Waals surface area contributed by atoms with Gasteiger partial charge in [0.2, 0.25) is 5.91 Å². The lowest BCUT2D eigenvalue weighted by Gasteiger charge is -2.26. The zero-order chi connectivity index (χ0) is 14.7. The van der Waals surface area contributed by atoms with Crippen molar-refractivity contribution in [2.24, 2.45) is 0 Å². The molecule has 1 amide bonds. The Labute approximate surface area is 129 Å². The Morgan fingerprint density at radius 1 is 1.48 bits per heavy atom. The summed E-state index contributed by atoms with van der Waals surface area (Å²) in [5.74, 6) is 0.00176. The molecule has 1 aromatic heterocycles. The normalized spacial score (nSPS) is 24.8. The fourth-order valence-corrected chi connectivity index (χ4v) is 4.45. The molecule has 2 fully saturated rings. The van der Waals surface area contributed by atoms with E-state index in [-0.39, 0.29) is 5.91 Å². The van der Waals surface area contributed by atoms with Crippen LogP contribution in [0.5, 0.6) is 0 Å². The van der Waals surface area contributed by atoms with Gasteiger partial charge in [0.05, 0.1) is 12.6 Å². The van der Waals surface area contributed by atoms with Crippen molar-refractivity contribution < 1.29 is 4.79 Å². The summed E-state index contributed by atoms with van der Waals surface area (Å²) in [6.45, 7) is 1.38. The van der Waals surface area contributed by atoms with Gasteiger partial charge in [0.15, 0.2) is 0 Å². The summed E-state index contributed by atoms with van der Waals surface area (Å²) in [4.78, 5) is 15.9.